The third-order valence-electron chi connectivity index (χ3n) is 6.38. The first kappa shape index (κ1) is 25.9. The highest BCUT2D eigenvalue weighted by molar-refractivity contribution is 7.93. The monoisotopic (exact) mass is 510 g/mol. The van der Waals surface area contributed by atoms with Crippen molar-refractivity contribution >= 4 is 32.1 Å². The average Bonchev–Trinajstić information content (AvgIpc) is 3.38. The quantitative estimate of drug-likeness (QED) is 0.394. The van der Waals surface area contributed by atoms with Crippen molar-refractivity contribution in [3.63, 3.8) is 0 Å². The van der Waals surface area contributed by atoms with Crippen molar-refractivity contribution in [3.8, 4) is 17.4 Å². The Morgan fingerprint density at radius 3 is 2.50 bits per heavy atom. The molecule has 0 spiro atoms. The molecule has 1 aromatic heterocycles. The second kappa shape index (κ2) is 10.8. The lowest BCUT2D eigenvalue weighted by Crippen LogP contribution is -2.44. The molecule has 0 bridgehead atoms. The van der Waals surface area contributed by atoms with E-state index in [2.05, 4.69) is 39.8 Å². The van der Waals surface area contributed by atoms with E-state index in [0.717, 1.165) is 42.5 Å². The molecule has 1 aliphatic rings. The van der Waals surface area contributed by atoms with E-state index in [1.165, 1.54) is 12.6 Å². The largest absolute Gasteiger partial charge is 0.456 e. The van der Waals surface area contributed by atoms with Crippen molar-refractivity contribution in [2.75, 3.05) is 51.3 Å². The van der Waals surface area contributed by atoms with Crippen molar-refractivity contribution in [3.05, 3.63) is 59.2 Å². The van der Waals surface area contributed by atoms with Gasteiger partial charge in [-0.2, -0.15) is 5.26 Å². The standard InChI is InChI=1S/C26H30N4O5S/c1-18(26(15-27)36(33,34)28-16-23(32)17-31)24-7-8-25(35-24)21-4-3-20-14-22(6-5-19(20)13-21)30-11-9-29(2)10-12-30/h3-8,13-14,23,28,31-32H,9-12,16-17H2,1-2H3. The summed E-state index contributed by atoms with van der Waals surface area (Å²) in [5.41, 5.74) is 2.18. The predicted molar refractivity (Wildman–Crippen MR) is 140 cm³/mol. The molecule has 1 fully saturated rings. The molecule has 1 saturated heterocycles. The molecular formula is C26H30N4O5S. The maximum Gasteiger partial charge on any atom is 0.251 e. The molecule has 0 radical (unpaired) electrons. The van der Waals surface area contributed by atoms with Crippen molar-refractivity contribution in [2.45, 2.75) is 13.0 Å². The van der Waals surface area contributed by atoms with Gasteiger partial charge in [0.05, 0.1) is 12.7 Å². The summed E-state index contributed by atoms with van der Waals surface area (Å²) >= 11 is 0. The number of nitriles is 1. The molecule has 3 N–H and O–H groups in total. The summed E-state index contributed by atoms with van der Waals surface area (Å²) in [5, 5.41) is 30.0. The van der Waals surface area contributed by atoms with Gasteiger partial charge in [0.1, 0.15) is 17.6 Å². The van der Waals surface area contributed by atoms with Crippen LogP contribution in [0, 0.1) is 11.3 Å². The number of aliphatic hydroxyl groups excluding tert-OH is 2. The van der Waals surface area contributed by atoms with Gasteiger partial charge in [0, 0.05) is 49.5 Å². The Balaban J connectivity index is 1.57. The van der Waals surface area contributed by atoms with Crippen LogP contribution >= 0.6 is 0 Å². The lowest BCUT2D eigenvalue weighted by atomic mass is 10.0. The summed E-state index contributed by atoms with van der Waals surface area (Å²) in [6, 6.07) is 17.5. The van der Waals surface area contributed by atoms with Gasteiger partial charge >= 0.3 is 0 Å². The maximum absolute atomic E-state index is 12.5. The minimum absolute atomic E-state index is 0.146. The van der Waals surface area contributed by atoms with Crippen LogP contribution in [-0.4, -0.2) is 76.0 Å². The average molecular weight is 511 g/mol. The number of nitrogens with one attached hydrogen (secondary N) is 1. The van der Waals surface area contributed by atoms with Crippen molar-refractivity contribution in [1.29, 1.82) is 5.26 Å². The van der Waals surface area contributed by atoms with Gasteiger partial charge in [0.25, 0.3) is 10.0 Å². The number of hydrogen-bond donors (Lipinski definition) is 3. The van der Waals surface area contributed by atoms with Gasteiger partial charge in [-0.25, -0.2) is 13.1 Å². The minimum atomic E-state index is -4.19. The second-order valence-electron chi connectivity index (χ2n) is 8.95. The van der Waals surface area contributed by atoms with Gasteiger partial charge in [-0.3, -0.25) is 0 Å². The number of piperazine rings is 1. The highest BCUT2D eigenvalue weighted by atomic mass is 32.2. The zero-order valence-corrected chi connectivity index (χ0v) is 21.1. The molecule has 1 unspecified atom stereocenters. The fourth-order valence-corrected chi connectivity index (χ4v) is 5.32. The zero-order valence-electron chi connectivity index (χ0n) is 20.3. The number of rotatable bonds is 8. The number of aliphatic hydroxyl groups is 2. The molecule has 0 saturated carbocycles. The molecule has 3 aromatic rings. The first-order valence-electron chi connectivity index (χ1n) is 11.7. The SMILES string of the molecule is CC(=C(C#N)S(=O)(=O)NCC(O)CO)c1ccc(-c2ccc3cc(N4CCN(C)CC4)ccc3c2)o1. The molecule has 0 aliphatic carbocycles. The normalized spacial score (nSPS) is 16.6. The van der Waals surface area contributed by atoms with Gasteiger partial charge in [0.15, 0.2) is 4.91 Å². The van der Waals surface area contributed by atoms with E-state index in [1.54, 1.807) is 18.2 Å². The summed E-state index contributed by atoms with van der Waals surface area (Å²) in [5.74, 6) is 0.799. The van der Waals surface area contributed by atoms with E-state index in [9.17, 15) is 18.8 Å². The van der Waals surface area contributed by atoms with E-state index in [1.807, 2.05) is 18.2 Å². The Labute approximate surface area is 210 Å². The highest BCUT2D eigenvalue weighted by Crippen LogP contribution is 2.31. The minimum Gasteiger partial charge on any atom is -0.456 e. The number of furan rings is 1. The van der Waals surface area contributed by atoms with Gasteiger partial charge in [0.2, 0.25) is 0 Å². The Morgan fingerprint density at radius 1 is 1.11 bits per heavy atom. The number of nitrogens with zero attached hydrogens (tertiary/aromatic N) is 3. The number of sulfonamides is 1. The first-order chi connectivity index (χ1) is 17.2. The Kier molecular flexibility index (Phi) is 7.78. The summed E-state index contributed by atoms with van der Waals surface area (Å²) in [6.45, 7) is 4.57. The van der Waals surface area contributed by atoms with Crippen molar-refractivity contribution < 1.29 is 23.0 Å². The highest BCUT2D eigenvalue weighted by Gasteiger charge is 2.23. The molecule has 0 amide bonds. The van der Waals surface area contributed by atoms with Crippen LogP contribution < -0.4 is 9.62 Å². The number of anilines is 1. The maximum atomic E-state index is 12.5. The lowest BCUT2D eigenvalue weighted by molar-refractivity contribution is 0.0989. The smallest absolute Gasteiger partial charge is 0.251 e. The summed E-state index contributed by atoms with van der Waals surface area (Å²) in [6.07, 6.45) is -1.26. The number of fused-ring (bicyclic) bond motifs is 1. The van der Waals surface area contributed by atoms with Crippen LogP contribution in [0.5, 0.6) is 0 Å². The fourth-order valence-electron chi connectivity index (χ4n) is 4.14. The van der Waals surface area contributed by atoms with Crippen LogP contribution in [-0.2, 0) is 10.0 Å². The fraction of sp³-hybridized carbons (Fsp3) is 0.346. The zero-order chi connectivity index (χ0) is 25.9. The van der Waals surface area contributed by atoms with Crippen LogP contribution in [0.4, 0.5) is 5.69 Å². The van der Waals surface area contributed by atoms with Gasteiger partial charge in [-0.05, 0) is 55.1 Å². The topological polar surface area (TPSA) is 130 Å². The Morgan fingerprint density at radius 2 is 1.81 bits per heavy atom. The van der Waals surface area contributed by atoms with Crippen LogP contribution in [0.2, 0.25) is 0 Å². The first-order valence-corrected chi connectivity index (χ1v) is 13.2. The van der Waals surface area contributed by atoms with Crippen LogP contribution in [0.1, 0.15) is 12.7 Å². The van der Waals surface area contributed by atoms with E-state index in [0.29, 0.717) is 5.76 Å². The molecule has 190 valence electrons. The molecule has 1 atom stereocenters. The Bertz CT molecular complexity index is 1420. The summed E-state index contributed by atoms with van der Waals surface area (Å²) in [7, 11) is -2.06. The molecule has 2 heterocycles. The number of benzene rings is 2. The van der Waals surface area contributed by atoms with E-state index >= 15 is 0 Å². The molecular weight excluding hydrogens is 480 g/mol. The van der Waals surface area contributed by atoms with Gasteiger partial charge < -0.3 is 24.4 Å². The van der Waals surface area contributed by atoms with Crippen LogP contribution in [0.15, 0.2) is 57.9 Å². The second-order valence-corrected chi connectivity index (χ2v) is 10.7. The number of allylic oxidation sites excluding steroid dienone is 2. The third kappa shape index (κ3) is 5.61. The number of likely N-dealkylation sites (N-methyl/N-ethyl adjacent to an activating group) is 1. The van der Waals surface area contributed by atoms with Crippen LogP contribution in [0.25, 0.3) is 27.7 Å². The molecule has 1 aliphatic heterocycles. The molecule has 4 rings (SSSR count). The summed E-state index contributed by atoms with van der Waals surface area (Å²) < 4.78 is 33.2. The lowest BCUT2D eigenvalue weighted by Gasteiger charge is -2.34. The molecule has 2 aromatic carbocycles. The van der Waals surface area contributed by atoms with Crippen LogP contribution in [0.3, 0.4) is 0 Å². The van der Waals surface area contributed by atoms with Gasteiger partial charge in [-0.15, -0.1) is 0 Å². The van der Waals surface area contributed by atoms with Gasteiger partial charge in [-0.1, -0.05) is 18.2 Å². The summed E-state index contributed by atoms with van der Waals surface area (Å²) in [4.78, 5) is 4.20. The third-order valence-corrected chi connectivity index (χ3v) is 7.86. The van der Waals surface area contributed by atoms with Crippen molar-refractivity contribution in [2.24, 2.45) is 0 Å². The molecule has 10 heteroatoms. The van der Waals surface area contributed by atoms with Crippen molar-refractivity contribution in [1.82, 2.24) is 9.62 Å². The van der Waals surface area contributed by atoms with E-state index in [4.69, 9.17) is 9.52 Å². The van der Waals surface area contributed by atoms with E-state index in [-0.39, 0.29) is 11.3 Å². The molecule has 36 heavy (non-hydrogen) atoms. The predicted octanol–water partition coefficient (Wildman–Crippen LogP) is 2.38. The van der Waals surface area contributed by atoms with E-state index < -0.39 is 34.2 Å². The Hall–Kier alpha value is -3.20. The molecule has 9 nitrogen and oxygen atoms in total. The number of hydrogen-bond acceptors (Lipinski definition) is 8.